The van der Waals surface area contributed by atoms with Crippen LogP contribution < -0.4 is 4.74 Å². The standard InChI is InChI=1S/C10H10O2S/c1-12-8-4-5-9(13)10-6(8)2-3-7(10)11/h4-5,13H,2-3H2,1H3. The number of thiol groups is 1. The summed E-state index contributed by atoms with van der Waals surface area (Å²) in [6, 6.07) is 3.67. The number of hydrogen-bond donors (Lipinski definition) is 1. The van der Waals surface area contributed by atoms with Gasteiger partial charge in [-0.2, -0.15) is 0 Å². The second-order valence-electron chi connectivity index (χ2n) is 3.06. The number of Topliss-reactive ketones (excluding diaryl/α,β-unsaturated/α-hetero) is 1. The Morgan fingerprint density at radius 1 is 1.38 bits per heavy atom. The van der Waals surface area contributed by atoms with E-state index in [9.17, 15) is 4.79 Å². The highest BCUT2D eigenvalue weighted by Crippen LogP contribution is 2.34. The Morgan fingerprint density at radius 2 is 2.15 bits per heavy atom. The van der Waals surface area contributed by atoms with Crippen LogP contribution in [0.4, 0.5) is 0 Å². The van der Waals surface area contributed by atoms with E-state index in [0.29, 0.717) is 6.42 Å². The van der Waals surface area contributed by atoms with E-state index in [1.807, 2.05) is 12.1 Å². The van der Waals surface area contributed by atoms with Crippen LogP contribution in [0.15, 0.2) is 17.0 Å². The highest BCUT2D eigenvalue weighted by atomic mass is 32.1. The third kappa shape index (κ3) is 1.23. The summed E-state index contributed by atoms with van der Waals surface area (Å²) in [6.07, 6.45) is 1.37. The van der Waals surface area contributed by atoms with E-state index in [4.69, 9.17) is 4.74 Å². The summed E-state index contributed by atoms with van der Waals surface area (Å²) in [5.41, 5.74) is 1.77. The van der Waals surface area contributed by atoms with Gasteiger partial charge >= 0.3 is 0 Å². The van der Waals surface area contributed by atoms with Crippen LogP contribution in [0.5, 0.6) is 5.75 Å². The molecule has 1 aliphatic carbocycles. The smallest absolute Gasteiger partial charge is 0.164 e. The van der Waals surface area contributed by atoms with E-state index >= 15 is 0 Å². The fraction of sp³-hybridized carbons (Fsp3) is 0.300. The van der Waals surface area contributed by atoms with Crippen molar-refractivity contribution in [2.24, 2.45) is 0 Å². The first-order chi connectivity index (χ1) is 6.24. The molecule has 0 unspecified atom stereocenters. The third-order valence-electron chi connectivity index (χ3n) is 2.35. The lowest BCUT2D eigenvalue weighted by molar-refractivity contribution is 0.0992. The molecule has 0 fully saturated rings. The van der Waals surface area contributed by atoms with Crippen molar-refractivity contribution < 1.29 is 9.53 Å². The molecule has 0 aromatic heterocycles. The molecular formula is C10H10O2S. The SMILES string of the molecule is COc1ccc(S)c2c1CCC2=O. The van der Waals surface area contributed by atoms with Crippen LogP contribution in [0.1, 0.15) is 22.3 Å². The van der Waals surface area contributed by atoms with Crippen LogP contribution in [-0.4, -0.2) is 12.9 Å². The first kappa shape index (κ1) is 8.63. The largest absolute Gasteiger partial charge is 0.496 e. The molecule has 1 aliphatic rings. The van der Waals surface area contributed by atoms with Gasteiger partial charge in [-0.3, -0.25) is 4.79 Å². The van der Waals surface area contributed by atoms with Crippen LogP contribution in [0, 0.1) is 0 Å². The lowest BCUT2D eigenvalue weighted by Gasteiger charge is -2.07. The highest BCUT2D eigenvalue weighted by Gasteiger charge is 2.24. The van der Waals surface area contributed by atoms with Gasteiger partial charge in [0, 0.05) is 22.4 Å². The topological polar surface area (TPSA) is 26.3 Å². The molecule has 1 aromatic rings. The highest BCUT2D eigenvalue weighted by molar-refractivity contribution is 7.80. The van der Waals surface area contributed by atoms with Crippen LogP contribution >= 0.6 is 12.6 Å². The number of carbonyl (C=O) groups excluding carboxylic acids is 1. The summed E-state index contributed by atoms with van der Waals surface area (Å²) < 4.78 is 5.17. The summed E-state index contributed by atoms with van der Waals surface area (Å²) in [6.45, 7) is 0. The fourth-order valence-electron chi connectivity index (χ4n) is 1.73. The second-order valence-corrected chi connectivity index (χ2v) is 3.55. The van der Waals surface area contributed by atoms with E-state index in [2.05, 4.69) is 12.6 Å². The van der Waals surface area contributed by atoms with Crippen LogP contribution in [0.25, 0.3) is 0 Å². The second kappa shape index (κ2) is 3.07. The molecule has 0 heterocycles. The molecule has 0 atom stereocenters. The molecular weight excluding hydrogens is 184 g/mol. The summed E-state index contributed by atoms with van der Waals surface area (Å²) in [5.74, 6) is 0.984. The number of benzene rings is 1. The Hall–Kier alpha value is -0.960. The lowest BCUT2D eigenvalue weighted by Crippen LogP contribution is -1.95. The maximum Gasteiger partial charge on any atom is 0.164 e. The van der Waals surface area contributed by atoms with Crippen molar-refractivity contribution >= 4 is 18.4 Å². The van der Waals surface area contributed by atoms with Gasteiger partial charge < -0.3 is 4.74 Å². The molecule has 0 bridgehead atoms. The molecule has 0 spiro atoms. The van der Waals surface area contributed by atoms with E-state index < -0.39 is 0 Å². The Balaban J connectivity index is 2.65. The Morgan fingerprint density at radius 3 is 2.85 bits per heavy atom. The van der Waals surface area contributed by atoms with Gasteiger partial charge in [-0.25, -0.2) is 0 Å². The first-order valence-electron chi connectivity index (χ1n) is 4.16. The number of fused-ring (bicyclic) bond motifs is 1. The molecule has 0 amide bonds. The van der Waals surface area contributed by atoms with Gasteiger partial charge in [-0.05, 0) is 18.6 Å². The van der Waals surface area contributed by atoms with Gasteiger partial charge in [0.2, 0.25) is 0 Å². The minimum absolute atomic E-state index is 0.180. The number of ketones is 1. The summed E-state index contributed by atoms with van der Waals surface area (Å²) in [5, 5.41) is 0. The van der Waals surface area contributed by atoms with Crippen LogP contribution in [0.2, 0.25) is 0 Å². The zero-order valence-electron chi connectivity index (χ0n) is 7.33. The zero-order valence-corrected chi connectivity index (χ0v) is 8.23. The third-order valence-corrected chi connectivity index (χ3v) is 2.72. The van der Waals surface area contributed by atoms with Crippen molar-refractivity contribution in [3.63, 3.8) is 0 Å². The molecule has 68 valence electrons. The molecule has 2 rings (SSSR count). The zero-order chi connectivity index (χ0) is 9.42. The fourth-order valence-corrected chi connectivity index (χ4v) is 2.06. The van der Waals surface area contributed by atoms with E-state index in [1.165, 1.54) is 0 Å². The number of carbonyl (C=O) groups is 1. The molecule has 3 heteroatoms. The van der Waals surface area contributed by atoms with Gasteiger partial charge in [-0.1, -0.05) is 0 Å². The summed E-state index contributed by atoms with van der Waals surface area (Å²) in [7, 11) is 1.62. The number of ether oxygens (including phenoxy) is 1. The molecule has 0 radical (unpaired) electrons. The predicted molar refractivity (Wildman–Crippen MR) is 52.9 cm³/mol. The van der Waals surface area contributed by atoms with Gasteiger partial charge in [0.1, 0.15) is 5.75 Å². The van der Waals surface area contributed by atoms with Crippen molar-refractivity contribution in [2.75, 3.05) is 7.11 Å². The number of methoxy groups -OCH3 is 1. The molecule has 1 aromatic carbocycles. The maximum absolute atomic E-state index is 11.5. The van der Waals surface area contributed by atoms with Gasteiger partial charge in [0.25, 0.3) is 0 Å². The van der Waals surface area contributed by atoms with E-state index in [-0.39, 0.29) is 5.78 Å². The van der Waals surface area contributed by atoms with Gasteiger partial charge in [0.15, 0.2) is 5.78 Å². The van der Waals surface area contributed by atoms with Crippen molar-refractivity contribution in [3.8, 4) is 5.75 Å². The first-order valence-corrected chi connectivity index (χ1v) is 4.61. The Bertz CT molecular complexity index is 371. The summed E-state index contributed by atoms with van der Waals surface area (Å²) >= 11 is 4.26. The van der Waals surface area contributed by atoms with E-state index in [0.717, 1.165) is 28.2 Å². The molecule has 2 nitrogen and oxygen atoms in total. The minimum Gasteiger partial charge on any atom is -0.496 e. The average Bonchev–Trinajstić information content (AvgIpc) is 2.50. The van der Waals surface area contributed by atoms with Crippen molar-refractivity contribution in [1.29, 1.82) is 0 Å². The molecule has 0 N–H and O–H groups in total. The van der Waals surface area contributed by atoms with Gasteiger partial charge in [-0.15, -0.1) is 12.6 Å². The maximum atomic E-state index is 11.5. The normalized spacial score (nSPS) is 14.5. The monoisotopic (exact) mass is 194 g/mol. The Kier molecular flexibility index (Phi) is 2.04. The number of hydrogen-bond acceptors (Lipinski definition) is 3. The molecule has 0 saturated carbocycles. The van der Waals surface area contributed by atoms with Crippen LogP contribution in [0.3, 0.4) is 0 Å². The number of rotatable bonds is 1. The predicted octanol–water partition coefficient (Wildman–Crippen LogP) is 2.11. The minimum atomic E-state index is 0.180. The van der Waals surface area contributed by atoms with Crippen molar-refractivity contribution in [3.05, 3.63) is 23.3 Å². The summed E-state index contributed by atoms with van der Waals surface area (Å²) in [4.78, 5) is 12.2. The van der Waals surface area contributed by atoms with Gasteiger partial charge in [0.05, 0.1) is 7.11 Å². The molecule has 0 saturated heterocycles. The van der Waals surface area contributed by atoms with Crippen molar-refractivity contribution in [1.82, 2.24) is 0 Å². The quantitative estimate of drug-likeness (QED) is 0.693. The Labute approximate surface area is 82.3 Å². The lowest BCUT2D eigenvalue weighted by atomic mass is 10.1. The molecule has 13 heavy (non-hydrogen) atoms. The van der Waals surface area contributed by atoms with Crippen LogP contribution in [-0.2, 0) is 6.42 Å². The average molecular weight is 194 g/mol. The molecule has 0 aliphatic heterocycles. The van der Waals surface area contributed by atoms with E-state index in [1.54, 1.807) is 7.11 Å². The van der Waals surface area contributed by atoms with Crippen molar-refractivity contribution in [2.45, 2.75) is 17.7 Å².